The average molecular weight is 344 g/mol. The van der Waals surface area contributed by atoms with Crippen LogP contribution in [0.1, 0.15) is 26.3 Å². The number of alkyl carbamates (subject to hydrolysis) is 1. The molecule has 0 aliphatic rings. The SMILES string of the molecule is CC(C)(C)OC(=O)NCC(=O)NCc1cncc(Br)c1. The number of halogens is 1. The Balaban J connectivity index is 2.29. The van der Waals surface area contributed by atoms with Gasteiger partial charge in [-0.1, -0.05) is 0 Å². The predicted octanol–water partition coefficient (Wildman–Crippen LogP) is 1.98. The van der Waals surface area contributed by atoms with Gasteiger partial charge in [-0.15, -0.1) is 0 Å². The van der Waals surface area contributed by atoms with Gasteiger partial charge in [0, 0.05) is 23.4 Å². The molecule has 0 spiro atoms. The Hall–Kier alpha value is -1.63. The number of nitrogens with one attached hydrogen (secondary N) is 2. The van der Waals surface area contributed by atoms with Gasteiger partial charge >= 0.3 is 6.09 Å². The number of pyridine rings is 1. The first-order chi connectivity index (χ1) is 9.26. The first-order valence-electron chi connectivity index (χ1n) is 6.09. The van der Waals surface area contributed by atoms with Crippen molar-refractivity contribution in [2.45, 2.75) is 32.9 Å². The summed E-state index contributed by atoms with van der Waals surface area (Å²) in [4.78, 5) is 26.9. The van der Waals surface area contributed by atoms with E-state index in [9.17, 15) is 9.59 Å². The van der Waals surface area contributed by atoms with E-state index >= 15 is 0 Å². The molecule has 0 unspecified atom stereocenters. The molecule has 0 saturated heterocycles. The molecule has 0 aliphatic heterocycles. The molecule has 0 atom stereocenters. The number of ether oxygens (including phenoxy) is 1. The van der Waals surface area contributed by atoms with Gasteiger partial charge in [0.25, 0.3) is 0 Å². The summed E-state index contributed by atoms with van der Waals surface area (Å²) in [6.07, 6.45) is 2.71. The first-order valence-corrected chi connectivity index (χ1v) is 6.88. The van der Waals surface area contributed by atoms with Gasteiger partial charge in [-0.25, -0.2) is 4.79 Å². The number of carbonyl (C=O) groups excluding carboxylic acids is 2. The van der Waals surface area contributed by atoms with E-state index in [1.165, 1.54) is 0 Å². The summed E-state index contributed by atoms with van der Waals surface area (Å²) in [6, 6.07) is 1.86. The van der Waals surface area contributed by atoms with Gasteiger partial charge in [-0.2, -0.15) is 0 Å². The van der Waals surface area contributed by atoms with Crippen LogP contribution in [0.4, 0.5) is 4.79 Å². The average Bonchev–Trinajstić information content (AvgIpc) is 2.32. The summed E-state index contributed by atoms with van der Waals surface area (Å²) in [7, 11) is 0. The van der Waals surface area contributed by atoms with Crippen LogP contribution in [0, 0.1) is 0 Å². The van der Waals surface area contributed by atoms with Crippen molar-refractivity contribution in [3.63, 3.8) is 0 Å². The van der Waals surface area contributed by atoms with Crippen LogP contribution in [-0.4, -0.2) is 29.1 Å². The summed E-state index contributed by atoms with van der Waals surface area (Å²) in [5.41, 5.74) is 0.285. The van der Waals surface area contributed by atoms with Gasteiger partial charge in [0.15, 0.2) is 0 Å². The molecule has 6 nitrogen and oxygen atoms in total. The Labute approximate surface area is 126 Å². The predicted molar refractivity (Wildman–Crippen MR) is 78.0 cm³/mol. The number of hydrogen-bond acceptors (Lipinski definition) is 4. The Morgan fingerprint density at radius 2 is 2.00 bits per heavy atom. The van der Waals surface area contributed by atoms with Crippen molar-refractivity contribution in [1.29, 1.82) is 0 Å². The molecule has 0 bridgehead atoms. The highest BCUT2D eigenvalue weighted by molar-refractivity contribution is 9.10. The lowest BCUT2D eigenvalue weighted by molar-refractivity contribution is -0.120. The summed E-state index contributed by atoms with van der Waals surface area (Å²) < 4.78 is 5.86. The lowest BCUT2D eigenvalue weighted by Gasteiger charge is -2.19. The van der Waals surface area contributed by atoms with E-state index in [-0.39, 0.29) is 12.5 Å². The highest BCUT2D eigenvalue weighted by Gasteiger charge is 2.16. The molecule has 20 heavy (non-hydrogen) atoms. The molecule has 1 aromatic heterocycles. The molecule has 7 heteroatoms. The summed E-state index contributed by atoms with van der Waals surface area (Å²) >= 11 is 3.30. The van der Waals surface area contributed by atoms with E-state index in [0.717, 1.165) is 10.0 Å². The quantitative estimate of drug-likeness (QED) is 0.875. The van der Waals surface area contributed by atoms with Crippen molar-refractivity contribution < 1.29 is 14.3 Å². The van der Waals surface area contributed by atoms with Gasteiger partial charge in [0.1, 0.15) is 12.1 Å². The second-order valence-electron chi connectivity index (χ2n) is 5.14. The zero-order valence-corrected chi connectivity index (χ0v) is 13.3. The van der Waals surface area contributed by atoms with Gasteiger partial charge in [-0.05, 0) is 48.3 Å². The molecular formula is C13H18BrN3O3. The third kappa shape index (κ3) is 7.08. The Kier molecular flexibility index (Phi) is 5.94. The summed E-state index contributed by atoms with van der Waals surface area (Å²) in [5, 5.41) is 5.06. The highest BCUT2D eigenvalue weighted by atomic mass is 79.9. The maximum absolute atomic E-state index is 11.6. The number of aromatic nitrogens is 1. The fourth-order valence-corrected chi connectivity index (χ4v) is 1.69. The van der Waals surface area contributed by atoms with E-state index in [1.54, 1.807) is 33.2 Å². The molecule has 110 valence electrons. The lowest BCUT2D eigenvalue weighted by atomic mass is 10.2. The van der Waals surface area contributed by atoms with E-state index in [0.29, 0.717) is 6.54 Å². The standard InChI is InChI=1S/C13H18BrN3O3/c1-13(2,3)20-12(19)17-8-11(18)16-6-9-4-10(14)7-15-5-9/h4-5,7H,6,8H2,1-3H3,(H,16,18)(H,17,19). The fraction of sp³-hybridized carbons (Fsp3) is 0.462. The lowest BCUT2D eigenvalue weighted by Crippen LogP contribution is -2.39. The Bertz CT molecular complexity index is 486. The summed E-state index contributed by atoms with van der Waals surface area (Å²) in [6.45, 7) is 5.49. The van der Waals surface area contributed by atoms with Crippen molar-refractivity contribution in [3.05, 3.63) is 28.5 Å². The van der Waals surface area contributed by atoms with Crippen LogP contribution in [0.5, 0.6) is 0 Å². The molecule has 2 amide bonds. The number of hydrogen-bond donors (Lipinski definition) is 2. The third-order valence-electron chi connectivity index (χ3n) is 2.04. The normalized spacial score (nSPS) is 10.8. The molecule has 0 radical (unpaired) electrons. The van der Waals surface area contributed by atoms with E-state index in [4.69, 9.17) is 4.74 Å². The molecule has 0 aliphatic carbocycles. The van der Waals surface area contributed by atoms with Gasteiger partial charge in [-0.3, -0.25) is 9.78 Å². The molecule has 0 fully saturated rings. The summed E-state index contributed by atoms with van der Waals surface area (Å²) in [5.74, 6) is -0.296. The number of carbonyl (C=O) groups is 2. The topological polar surface area (TPSA) is 80.3 Å². The minimum absolute atomic E-state index is 0.129. The Morgan fingerprint density at radius 1 is 1.30 bits per heavy atom. The highest BCUT2D eigenvalue weighted by Crippen LogP contribution is 2.09. The molecule has 1 heterocycles. The molecule has 0 saturated carbocycles. The number of rotatable bonds is 4. The monoisotopic (exact) mass is 343 g/mol. The number of amides is 2. The van der Waals surface area contributed by atoms with Crippen LogP contribution >= 0.6 is 15.9 Å². The molecular weight excluding hydrogens is 326 g/mol. The van der Waals surface area contributed by atoms with Crippen LogP contribution in [-0.2, 0) is 16.1 Å². The van der Waals surface area contributed by atoms with Crippen LogP contribution in [0.25, 0.3) is 0 Å². The van der Waals surface area contributed by atoms with Crippen LogP contribution < -0.4 is 10.6 Å². The van der Waals surface area contributed by atoms with Crippen LogP contribution in [0.15, 0.2) is 22.9 Å². The minimum atomic E-state index is -0.614. The molecule has 1 aromatic rings. The smallest absolute Gasteiger partial charge is 0.408 e. The molecule has 2 N–H and O–H groups in total. The zero-order valence-electron chi connectivity index (χ0n) is 11.7. The van der Waals surface area contributed by atoms with Gasteiger partial charge in [0.2, 0.25) is 5.91 Å². The largest absolute Gasteiger partial charge is 0.444 e. The van der Waals surface area contributed by atoms with Crippen molar-refractivity contribution in [1.82, 2.24) is 15.6 Å². The van der Waals surface area contributed by atoms with Crippen LogP contribution in [0.2, 0.25) is 0 Å². The van der Waals surface area contributed by atoms with Crippen molar-refractivity contribution in [2.24, 2.45) is 0 Å². The van der Waals surface area contributed by atoms with E-state index in [2.05, 4.69) is 31.5 Å². The van der Waals surface area contributed by atoms with Crippen molar-refractivity contribution in [2.75, 3.05) is 6.54 Å². The van der Waals surface area contributed by atoms with E-state index < -0.39 is 11.7 Å². The van der Waals surface area contributed by atoms with Crippen molar-refractivity contribution in [3.8, 4) is 0 Å². The second kappa shape index (κ2) is 7.23. The third-order valence-corrected chi connectivity index (χ3v) is 2.48. The van der Waals surface area contributed by atoms with Gasteiger partial charge < -0.3 is 15.4 Å². The second-order valence-corrected chi connectivity index (χ2v) is 6.06. The van der Waals surface area contributed by atoms with Crippen LogP contribution in [0.3, 0.4) is 0 Å². The first kappa shape index (κ1) is 16.4. The fourth-order valence-electron chi connectivity index (χ4n) is 1.28. The Morgan fingerprint density at radius 3 is 2.60 bits per heavy atom. The minimum Gasteiger partial charge on any atom is -0.444 e. The van der Waals surface area contributed by atoms with E-state index in [1.807, 2.05) is 6.07 Å². The molecule has 0 aromatic carbocycles. The maximum Gasteiger partial charge on any atom is 0.408 e. The number of nitrogens with zero attached hydrogens (tertiary/aromatic N) is 1. The zero-order chi connectivity index (χ0) is 15.2. The maximum atomic E-state index is 11.6. The van der Waals surface area contributed by atoms with Gasteiger partial charge in [0.05, 0.1) is 0 Å². The van der Waals surface area contributed by atoms with Crippen molar-refractivity contribution >= 4 is 27.9 Å². The molecule has 1 rings (SSSR count).